The van der Waals surface area contributed by atoms with Crippen molar-refractivity contribution in [1.82, 2.24) is 9.97 Å². The molecular weight excluding hydrogens is 215 g/mol. The first-order valence-corrected chi connectivity index (χ1v) is 4.51. The van der Waals surface area contributed by atoms with Crippen molar-refractivity contribution in [1.29, 1.82) is 0 Å². The van der Waals surface area contributed by atoms with Gasteiger partial charge in [-0.1, -0.05) is 19.1 Å². The Hall–Kier alpha value is -1.35. The summed E-state index contributed by atoms with van der Waals surface area (Å²) in [5, 5.41) is 0. The summed E-state index contributed by atoms with van der Waals surface area (Å²) in [5.74, 6) is -0.0536. The first kappa shape index (κ1) is 11.7. The molecule has 1 N–H and O–H groups in total. The molecule has 0 aliphatic rings. The third-order valence-electron chi connectivity index (χ3n) is 2.33. The van der Waals surface area contributed by atoms with Crippen LogP contribution in [-0.4, -0.2) is 9.97 Å². The van der Waals surface area contributed by atoms with E-state index in [2.05, 4.69) is 9.97 Å². The Kier molecular flexibility index (Phi) is 3.86. The molecule has 1 unspecified atom stereocenters. The monoisotopic (exact) mass is 226 g/mol. The highest BCUT2D eigenvalue weighted by atomic mass is 35.5. The van der Waals surface area contributed by atoms with Crippen LogP contribution in [0.15, 0.2) is 36.8 Å². The maximum absolute atomic E-state index is 12.9. The lowest BCUT2D eigenvalue weighted by molar-refractivity contribution is 0.624. The van der Waals surface area contributed by atoms with Crippen molar-refractivity contribution in [2.24, 2.45) is 0 Å². The van der Waals surface area contributed by atoms with Gasteiger partial charge in [0.15, 0.2) is 0 Å². The molecular formula is C11H12ClFN2. The predicted molar refractivity (Wildman–Crippen MR) is 59.8 cm³/mol. The molecule has 2 nitrogen and oxygen atoms in total. The molecule has 2 rings (SSSR count). The zero-order valence-corrected chi connectivity index (χ0v) is 9.09. The summed E-state index contributed by atoms with van der Waals surface area (Å²) in [4.78, 5) is 6.96. The van der Waals surface area contributed by atoms with Crippen molar-refractivity contribution in [3.63, 3.8) is 0 Å². The lowest BCUT2D eigenvalue weighted by Gasteiger charge is -2.09. The molecule has 0 amide bonds. The fourth-order valence-electron chi connectivity index (χ4n) is 1.46. The lowest BCUT2D eigenvalue weighted by Crippen LogP contribution is -1.96. The highest BCUT2D eigenvalue weighted by Crippen LogP contribution is 2.21. The summed E-state index contributed by atoms with van der Waals surface area (Å²) in [6.07, 6.45) is 3.39. The Morgan fingerprint density at radius 1 is 1.40 bits per heavy atom. The van der Waals surface area contributed by atoms with E-state index in [1.807, 2.05) is 13.0 Å². The van der Waals surface area contributed by atoms with Gasteiger partial charge in [0.05, 0.1) is 6.33 Å². The summed E-state index contributed by atoms with van der Waals surface area (Å²) >= 11 is 0. The minimum Gasteiger partial charge on any atom is -0.348 e. The van der Waals surface area contributed by atoms with Gasteiger partial charge in [0.2, 0.25) is 0 Å². The molecule has 2 aromatic rings. The molecule has 0 radical (unpaired) electrons. The van der Waals surface area contributed by atoms with Gasteiger partial charge in [-0.2, -0.15) is 0 Å². The van der Waals surface area contributed by atoms with Gasteiger partial charge in [-0.25, -0.2) is 9.37 Å². The zero-order valence-electron chi connectivity index (χ0n) is 8.27. The maximum atomic E-state index is 12.9. The molecule has 0 aliphatic carbocycles. The normalized spacial score (nSPS) is 11.9. The molecule has 0 fully saturated rings. The Bertz CT molecular complexity index is 414. The largest absolute Gasteiger partial charge is 0.348 e. The van der Waals surface area contributed by atoms with Gasteiger partial charge in [0, 0.05) is 17.8 Å². The number of H-pyrrole nitrogens is 1. The zero-order chi connectivity index (χ0) is 9.97. The number of aromatic nitrogens is 2. The smallest absolute Gasteiger partial charge is 0.123 e. The first-order valence-electron chi connectivity index (χ1n) is 4.51. The van der Waals surface area contributed by atoms with Crippen LogP contribution in [-0.2, 0) is 0 Å². The van der Waals surface area contributed by atoms with Gasteiger partial charge < -0.3 is 4.98 Å². The third kappa shape index (κ3) is 2.57. The molecule has 4 heteroatoms. The van der Waals surface area contributed by atoms with Gasteiger partial charge in [0.1, 0.15) is 5.82 Å². The van der Waals surface area contributed by atoms with Gasteiger partial charge in [-0.3, -0.25) is 0 Å². The molecule has 1 aromatic heterocycles. The van der Waals surface area contributed by atoms with Crippen LogP contribution < -0.4 is 0 Å². The fourth-order valence-corrected chi connectivity index (χ4v) is 1.46. The maximum Gasteiger partial charge on any atom is 0.123 e. The predicted octanol–water partition coefficient (Wildman–Crippen LogP) is 3.12. The van der Waals surface area contributed by atoms with E-state index in [0.29, 0.717) is 0 Å². The second-order valence-electron chi connectivity index (χ2n) is 3.28. The second kappa shape index (κ2) is 4.94. The second-order valence-corrected chi connectivity index (χ2v) is 3.28. The molecule has 80 valence electrons. The Balaban J connectivity index is 0.00000112. The standard InChI is InChI=1S/C11H11FN2.ClH/c1-8(11-6-13-7-14-11)9-3-2-4-10(12)5-9;/h2-8H,1H3,(H,13,14);1H. The molecule has 0 bridgehead atoms. The number of hydrogen-bond acceptors (Lipinski definition) is 1. The van der Waals surface area contributed by atoms with Crippen LogP contribution in [0.4, 0.5) is 4.39 Å². The average molecular weight is 227 g/mol. The highest BCUT2D eigenvalue weighted by molar-refractivity contribution is 5.85. The number of rotatable bonds is 2. The van der Waals surface area contributed by atoms with Crippen LogP contribution in [0.1, 0.15) is 24.1 Å². The molecule has 1 aromatic carbocycles. The minimum atomic E-state index is -0.200. The number of imidazole rings is 1. The van der Waals surface area contributed by atoms with E-state index in [0.717, 1.165) is 11.3 Å². The number of benzene rings is 1. The Morgan fingerprint density at radius 3 is 2.80 bits per heavy atom. The summed E-state index contributed by atoms with van der Waals surface area (Å²) < 4.78 is 12.9. The van der Waals surface area contributed by atoms with E-state index in [9.17, 15) is 4.39 Å². The molecule has 0 aliphatic heterocycles. The van der Waals surface area contributed by atoms with Gasteiger partial charge >= 0.3 is 0 Å². The molecule has 1 atom stereocenters. The minimum absolute atomic E-state index is 0. The van der Waals surface area contributed by atoms with E-state index in [1.165, 1.54) is 6.07 Å². The highest BCUT2D eigenvalue weighted by Gasteiger charge is 2.09. The van der Waals surface area contributed by atoms with Gasteiger partial charge in [-0.15, -0.1) is 12.4 Å². The number of nitrogens with one attached hydrogen (secondary N) is 1. The summed E-state index contributed by atoms with van der Waals surface area (Å²) in [5.41, 5.74) is 1.95. The molecule has 0 saturated heterocycles. The van der Waals surface area contributed by atoms with Crippen molar-refractivity contribution >= 4 is 12.4 Å². The van der Waals surface area contributed by atoms with E-state index in [4.69, 9.17) is 0 Å². The van der Waals surface area contributed by atoms with Gasteiger partial charge in [-0.05, 0) is 17.7 Å². The third-order valence-corrected chi connectivity index (χ3v) is 2.33. The van der Waals surface area contributed by atoms with E-state index in [-0.39, 0.29) is 24.1 Å². The molecule has 0 saturated carbocycles. The Morgan fingerprint density at radius 2 is 2.20 bits per heavy atom. The van der Waals surface area contributed by atoms with E-state index >= 15 is 0 Å². The van der Waals surface area contributed by atoms with Crippen LogP contribution in [0.5, 0.6) is 0 Å². The van der Waals surface area contributed by atoms with Crippen LogP contribution in [0.2, 0.25) is 0 Å². The average Bonchev–Trinajstić information content (AvgIpc) is 2.69. The fraction of sp³-hybridized carbons (Fsp3) is 0.182. The van der Waals surface area contributed by atoms with Crippen molar-refractivity contribution in [2.45, 2.75) is 12.8 Å². The van der Waals surface area contributed by atoms with Crippen molar-refractivity contribution < 1.29 is 4.39 Å². The summed E-state index contributed by atoms with van der Waals surface area (Å²) in [6.45, 7) is 2.02. The molecule has 0 spiro atoms. The quantitative estimate of drug-likeness (QED) is 0.838. The summed E-state index contributed by atoms with van der Waals surface area (Å²) in [7, 11) is 0. The molecule has 1 heterocycles. The van der Waals surface area contributed by atoms with Crippen LogP contribution in [0.25, 0.3) is 0 Å². The number of aromatic amines is 1. The lowest BCUT2D eigenvalue weighted by atomic mass is 9.98. The topological polar surface area (TPSA) is 28.7 Å². The first-order chi connectivity index (χ1) is 6.77. The van der Waals surface area contributed by atoms with E-state index < -0.39 is 0 Å². The van der Waals surface area contributed by atoms with Crippen molar-refractivity contribution in [3.05, 3.63) is 53.9 Å². The number of halogens is 2. The van der Waals surface area contributed by atoms with Crippen molar-refractivity contribution in [2.75, 3.05) is 0 Å². The summed E-state index contributed by atoms with van der Waals surface area (Å²) in [6, 6.07) is 6.63. The van der Waals surface area contributed by atoms with Crippen LogP contribution in [0, 0.1) is 5.82 Å². The number of nitrogens with zero attached hydrogens (tertiary/aromatic N) is 1. The SMILES string of the molecule is CC(c1cccc(F)c1)c1cnc[nH]1.Cl. The van der Waals surface area contributed by atoms with Crippen LogP contribution >= 0.6 is 12.4 Å². The number of hydrogen-bond donors (Lipinski definition) is 1. The van der Waals surface area contributed by atoms with Crippen molar-refractivity contribution in [3.8, 4) is 0 Å². The van der Waals surface area contributed by atoms with Crippen LogP contribution in [0.3, 0.4) is 0 Å². The molecule has 15 heavy (non-hydrogen) atoms. The van der Waals surface area contributed by atoms with E-state index in [1.54, 1.807) is 24.7 Å². The van der Waals surface area contributed by atoms with Gasteiger partial charge in [0.25, 0.3) is 0 Å². The Labute approximate surface area is 94.0 Å².